The Balaban J connectivity index is 0.000000960. The monoisotopic (exact) mass is 415 g/mol. The van der Waals surface area contributed by atoms with Gasteiger partial charge in [0.15, 0.2) is 0 Å². The third kappa shape index (κ3) is 3.20. The van der Waals surface area contributed by atoms with E-state index in [1.807, 2.05) is 0 Å². The fraction of sp³-hybridized carbons (Fsp3) is 0.100. The summed E-state index contributed by atoms with van der Waals surface area (Å²) in [5, 5.41) is 2.61. The Bertz CT molecular complexity index is 884. The first-order chi connectivity index (χ1) is 10.2. The van der Waals surface area contributed by atoms with E-state index in [0.717, 1.165) is 0 Å². The molecule has 0 amide bonds. The molecule has 0 bridgehead atoms. The number of hydrogen-bond donors (Lipinski definition) is 0. The summed E-state index contributed by atoms with van der Waals surface area (Å²) in [4.78, 5) is 0. The first-order valence-electron chi connectivity index (χ1n) is 7.25. The molecule has 0 heterocycles. The Hall–Kier alpha value is -0.877. The predicted molar refractivity (Wildman–Crippen MR) is 85.8 cm³/mol. The first kappa shape index (κ1) is 18.5. The molecule has 0 aromatic heterocycles. The van der Waals surface area contributed by atoms with Gasteiger partial charge < -0.3 is 24.8 Å². The zero-order chi connectivity index (χ0) is 14.4. The van der Waals surface area contributed by atoms with Crippen molar-refractivity contribution in [2.24, 2.45) is 0 Å². The third-order valence-electron chi connectivity index (χ3n) is 4.34. The van der Waals surface area contributed by atoms with Gasteiger partial charge in [-0.2, -0.15) is 0 Å². The number of halogens is 2. The Labute approximate surface area is 164 Å². The van der Waals surface area contributed by atoms with Crippen LogP contribution in [0.3, 0.4) is 0 Å². The van der Waals surface area contributed by atoms with Gasteiger partial charge in [-0.15, -0.1) is 0 Å². The van der Waals surface area contributed by atoms with Crippen LogP contribution in [0, 0.1) is 0 Å². The first-order valence-corrected chi connectivity index (χ1v) is 8.67. The van der Waals surface area contributed by atoms with Crippen molar-refractivity contribution in [3.05, 3.63) is 77.4 Å². The Morgan fingerprint density at radius 2 is 1.57 bits per heavy atom. The summed E-state index contributed by atoms with van der Waals surface area (Å²) < 4.78 is 0.632. The van der Waals surface area contributed by atoms with Gasteiger partial charge in [0.1, 0.15) is 0 Å². The molecule has 0 N–H and O–H groups in total. The van der Waals surface area contributed by atoms with E-state index < -0.39 is 0 Å². The SMILES string of the molecule is CC1=Cc2c(-c3ccc4ccccc4c3)cccc2[CH]1[Zr+2].[Cl-].[Cl-]. The molecule has 23 heavy (non-hydrogen) atoms. The summed E-state index contributed by atoms with van der Waals surface area (Å²) in [6.07, 6.45) is 2.37. The number of rotatable bonds is 1. The van der Waals surface area contributed by atoms with Crippen molar-refractivity contribution in [1.82, 2.24) is 0 Å². The van der Waals surface area contributed by atoms with Gasteiger partial charge in [-0.25, -0.2) is 0 Å². The largest absolute Gasteiger partial charge is 1.00 e. The zero-order valence-corrected chi connectivity index (χ0v) is 16.7. The van der Waals surface area contributed by atoms with E-state index in [9.17, 15) is 0 Å². The van der Waals surface area contributed by atoms with Crippen LogP contribution in [-0.4, -0.2) is 0 Å². The molecule has 3 heteroatoms. The van der Waals surface area contributed by atoms with Crippen molar-refractivity contribution in [1.29, 1.82) is 0 Å². The molecular weight excluding hydrogens is 402 g/mol. The molecule has 3 aromatic rings. The summed E-state index contributed by atoms with van der Waals surface area (Å²) in [6, 6.07) is 22.1. The molecule has 1 aliphatic rings. The molecule has 1 unspecified atom stereocenters. The summed E-state index contributed by atoms with van der Waals surface area (Å²) >= 11 is 1.58. The maximum Gasteiger partial charge on any atom is -1.00 e. The molecule has 3 aromatic carbocycles. The number of benzene rings is 3. The van der Waals surface area contributed by atoms with E-state index in [1.165, 1.54) is 38.6 Å². The minimum absolute atomic E-state index is 0. The van der Waals surface area contributed by atoms with Gasteiger partial charge >= 0.3 is 141 Å². The molecule has 0 spiro atoms. The zero-order valence-electron chi connectivity index (χ0n) is 12.7. The van der Waals surface area contributed by atoms with E-state index in [2.05, 4.69) is 73.7 Å². The summed E-state index contributed by atoms with van der Waals surface area (Å²) in [5.74, 6) is 0. The third-order valence-corrected chi connectivity index (χ3v) is 6.22. The van der Waals surface area contributed by atoms with Crippen LogP contribution in [0.1, 0.15) is 21.7 Å². The van der Waals surface area contributed by atoms with Crippen molar-refractivity contribution in [3.63, 3.8) is 0 Å². The normalized spacial score (nSPS) is 15.4. The van der Waals surface area contributed by atoms with Crippen LogP contribution in [-0.2, 0) is 24.7 Å². The predicted octanol–water partition coefficient (Wildman–Crippen LogP) is -0.480. The van der Waals surface area contributed by atoms with Crippen LogP contribution >= 0.6 is 0 Å². The number of allylic oxidation sites excluding steroid dienone is 1. The standard InChI is InChI=1S/C20H15.2ClH.Zr/c1-14-11-17-7-4-8-19(20(17)12-14)18-10-9-15-5-2-3-6-16(15)13-18;;;/h2-13H,1H3;2*1H;/q;;;+2/p-2. The minimum atomic E-state index is 0. The average molecular weight is 417 g/mol. The van der Waals surface area contributed by atoms with Gasteiger partial charge in [-0.3, -0.25) is 0 Å². The van der Waals surface area contributed by atoms with Gasteiger partial charge in [-0.1, -0.05) is 0 Å². The molecule has 0 aliphatic heterocycles. The minimum Gasteiger partial charge on any atom is -1.00 e. The van der Waals surface area contributed by atoms with Crippen molar-refractivity contribution < 1.29 is 49.5 Å². The summed E-state index contributed by atoms with van der Waals surface area (Å²) in [5.41, 5.74) is 7.10. The molecule has 4 rings (SSSR count). The van der Waals surface area contributed by atoms with Crippen LogP contribution in [0.25, 0.3) is 28.0 Å². The van der Waals surface area contributed by atoms with E-state index >= 15 is 0 Å². The fourth-order valence-electron chi connectivity index (χ4n) is 3.16. The smallest absolute Gasteiger partial charge is 1.00 e. The van der Waals surface area contributed by atoms with Crippen LogP contribution in [0.5, 0.6) is 0 Å². The second kappa shape index (κ2) is 7.35. The van der Waals surface area contributed by atoms with E-state index in [0.29, 0.717) is 3.63 Å². The molecule has 113 valence electrons. The summed E-state index contributed by atoms with van der Waals surface area (Å²) in [7, 11) is 0. The summed E-state index contributed by atoms with van der Waals surface area (Å²) in [6.45, 7) is 2.25. The molecule has 0 nitrogen and oxygen atoms in total. The van der Waals surface area contributed by atoms with Crippen molar-refractivity contribution >= 4 is 16.8 Å². The fourth-order valence-corrected chi connectivity index (χ4v) is 3.98. The van der Waals surface area contributed by atoms with E-state index in [-0.39, 0.29) is 24.8 Å². The Kier molecular flexibility index (Phi) is 5.90. The van der Waals surface area contributed by atoms with Gasteiger partial charge in [-0.05, 0) is 0 Å². The number of hydrogen-bond acceptors (Lipinski definition) is 0. The number of fused-ring (bicyclic) bond motifs is 2. The van der Waals surface area contributed by atoms with Gasteiger partial charge in [0.2, 0.25) is 0 Å². The van der Waals surface area contributed by atoms with Gasteiger partial charge in [0.25, 0.3) is 0 Å². The second-order valence-electron chi connectivity index (χ2n) is 5.69. The van der Waals surface area contributed by atoms with Crippen molar-refractivity contribution in [3.8, 4) is 11.1 Å². The van der Waals surface area contributed by atoms with Crippen LogP contribution in [0.15, 0.2) is 66.2 Å². The molecule has 1 aliphatic carbocycles. The maximum absolute atomic E-state index is 2.37. The molecule has 0 saturated heterocycles. The Morgan fingerprint density at radius 3 is 2.35 bits per heavy atom. The van der Waals surface area contributed by atoms with E-state index in [4.69, 9.17) is 0 Å². The average Bonchev–Trinajstić information content (AvgIpc) is 2.82. The molecule has 0 saturated carbocycles. The van der Waals surface area contributed by atoms with Crippen LogP contribution in [0.2, 0.25) is 0 Å². The topological polar surface area (TPSA) is 0 Å². The van der Waals surface area contributed by atoms with Crippen LogP contribution in [0.4, 0.5) is 0 Å². The molecule has 1 atom stereocenters. The quantitative estimate of drug-likeness (QED) is 0.502. The molecule has 0 fully saturated rings. The Morgan fingerprint density at radius 1 is 0.826 bits per heavy atom. The van der Waals surface area contributed by atoms with Crippen molar-refractivity contribution in [2.45, 2.75) is 10.5 Å². The molecular formula is C20H15Cl2Zr. The van der Waals surface area contributed by atoms with E-state index in [1.54, 1.807) is 24.7 Å². The van der Waals surface area contributed by atoms with Crippen molar-refractivity contribution in [2.75, 3.05) is 0 Å². The maximum atomic E-state index is 2.37. The van der Waals surface area contributed by atoms with Gasteiger partial charge in [0, 0.05) is 0 Å². The second-order valence-corrected chi connectivity index (χ2v) is 7.11. The van der Waals surface area contributed by atoms with Gasteiger partial charge in [0.05, 0.1) is 0 Å². The molecule has 0 radical (unpaired) electrons. The van der Waals surface area contributed by atoms with Crippen LogP contribution < -0.4 is 24.8 Å².